The van der Waals surface area contributed by atoms with E-state index in [0.717, 1.165) is 51.6 Å². The zero-order valence-electron chi connectivity index (χ0n) is 16.8. The third-order valence-corrected chi connectivity index (χ3v) is 4.67. The molecule has 3 rings (SSSR count). The molecule has 2 aromatic heterocycles. The van der Waals surface area contributed by atoms with Crippen molar-refractivity contribution in [1.29, 1.82) is 0 Å². The van der Waals surface area contributed by atoms with Crippen LogP contribution in [0.25, 0.3) is 0 Å². The monoisotopic (exact) mass is 518 g/mol. The highest BCUT2D eigenvalue weighted by atomic mass is 127. The number of halogens is 1. The first-order valence-corrected chi connectivity index (χ1v) is 9.74. The number of aliphatic hydroxyl groups is 1. The Morgan fingerprint density at radius 2 is 1.86 bits per heavy atom. The minimum Gasteiger partial charge on any atom is -0.469 e. The minimum absolute atomic E-state index is 0. The van der Waals surface area contributed by atoms with Crippen LogP contribution < -0.4 is 10.6 Å². The van der Waals surface area contributed by atoms with Crippen molar-refractivity contribution >= 4 is 29.9 Å². The number of aliphatic imine (C=N–C) groups is 1. The van der Waals surface area contributed by atoms with E-state index in [1.54, 1.807) is 31.6 Å². The maximum atomic E-state index is 10.6. The molecule has 3 heterocycles. The van der Waals surface area contributed by atoms with Crippen LogP contribution in [0.2, 0.25) is 0 Å². The summed E-state index contributed by atoms with van der Waals surface area (Å²) < 4.78 is 16.1. The first-order valence-electron chi connectivity index (χ1n) is 9.74. The summed E-state index contributed by atoms with van der Waals surface area (Å²) in [5, 5.41) is 17.3. The Morgan fingerprint density at radius 1 is 1.14 bits per heavy atom. The first-order chi connectivity index (χ1) is 13.6. The molecule has 1 aliphatic heterocycles. The lowest BCUT2D eigenvalue weighted by atomic mass is 10.0. The molecule has 8 nitrogen and oxygen atoms in total. The molecule has 1 unspecified atom stereocenters. The van der Waals surface area contributed by atoms with Gasteiger partial charge in [0.15, 0.2) is 5.96 Å². The molecule has 1 aliphatic rings. The maximum absolute atomic E-state index is 10.6. The van der Waals surface area contributed by atoms with E-state index in [1.165, 1.54) is 0 Å². The van der Waals surface area contributed by atoms with Gasteiger partial charge in [0, 0.05) is 39.1 Å². The SMILES string of the molecule is CC(O)(CN=C(NCCc1ccco1)NCCN1CCOCC1)c1ccco1.I. The molecule has 9 heteroatoms. The molecule has 29 heavy (non-hydrogen) atoms. The summed E-state index contributed by atoms with van der Waals surface area (Å²) in [6.45, 7) is 7.72. The molecule has 0 spiro atoms. The highest BCUT2D eigenvalue weighted by molar-refractivity contribution is 14.0. The zero-order valence-corrected chi connectivity index (χ0v) is 19.1. The number of rotatable bonds is 9. The summed E-state index contributed by atoms with van der Waals surface area (Å²) in [5.74, 6) is 2.08. The van der Waals surface area contributed by atoms with Crippen LogP contribution in [-0.4, -0.2) is 68.4 Å². The first kappa shape index (κ1) is 23.7. The van der Waals surface area contributed by atoms with Gasteiger partial charge in [0.25, 0.3) is 0 Å². The average molecular weight is 518 g/mol. The predicted molar refractivity (Wildman–Crippen MR) is 122 cm³/mol. The van der Waals surface area contributed by atoms with Crippen molar-refractivity contribution in [2.45, 2.75) is 18.9 Å². The quantitative estimate of drug-likeness (QED) is 0.265. The Kier molecular flexibility index (Phi) is 9.98. The molecule has 1 fully saturated rings. The second kappa shape index (κ2) is 12.2. The average Bonchev–Trinajstić information content (AvgIpc) is 3.41. The fourth-order valence-corrected chi connectivity index (χ4v) is 2.99. The van der Waals surface area contributed by atoms with Gasteiger partial charge in [0.2, 0.25) is 0 Å². The van der Waals surface area contributed by atoms with Crippen LogP contribution in [0.15, 0.2) is 50.6 Å². The molecule has 0 amide bonds. The smallest absolute Gasteiger partial charge is 0.191 e. The Hall–Kier alpha value is -1.56. The normalized spacial score (nSPS) is 17.4. The van der Waals surface area contributed by atoms with Crippen LogP contribution >= 0.6 is 24.0 Å². The van der Waals surface area contributed by atoms with Crippen molar-refractivity contribution in [2.75, 3.05) is 52.5 Å². The second-order valence-electron chi connectivity index (χ2n) is 7.05. The summed E-state index contributed by atoms with van der Waals surface area (Å²) in [7, 11) is 0. The molecule has 0 aliphatic carbocycles. The van der Waals surface area contributed by atoms with Gasteiger partial charge >= 0.3 is 0 Å². The van der Waals surface area contributed by atoms with Crippen LogP contribution in [0.5, 0.6) is 0 Å². The van der Waals surface area contributed by atoms with Crippen LogP contribution in [-0.2, 0) is 16.8 Å². The zero-order chi connectivity index (χ0) is 19.7. The Balaban J connectivity index is 0.00000300. The summed E-state index contributed by atoms with van der Waals surface area (Å²) in [6, 6.07) is 7.35. The predicted octanol–water partition coefficient (Wildman–Crippen LogP) is 1.81. The van der Waals surface area contributed by atoms with Crippen LogP contribution in [0.3, 0.4) is 0 Å². The summed E-state index contributed by atoms with van der Waals surface area (Å²) in [6.07, 6.45) is 3.98. The lowest BCUT2D eigenvalue weighted by molar-refractivity contribution is 0.0387. The number of hydrogen-bond donors (Lipinski definition) is 3. The number of ether oxygens (including phenoxy) is 1. The van der Waals surface area contributed by atoms with E-state index in [4.69, 9.17) is 13.6 Å². The molecule has 1 atom stereocenters. The van der Waals surface area contributed by atoms with Crippen LogP contribution in [0, 0.1) is 0 Å². The van der Waals surface area contributed by atoms with E-state index in [1.807, 2.05) is 12.1 Å². The fourth-order valence-electron chi connectivity index (χ4n) is 2.99. The molecule has 0 aromatic carbocycles. The molecule has 1 saturated heterocycles. The van der Waals surface area contributed by atoms with Crippen molar-refractivity contribution in [2.24, 2.45) is 4.99 Å². The molecule has 0 saturated carbocycles. The number of nitrogens with one attached hydrogen (secondary N) is 2. The molecule has 162 valence electrons. The van der Waals surface area contributed by atoms with Gasteiger partial charge in [-0.1, -0.05) is 0 Å². The van der Waals surface area contributed by atoms with E-state index in [2.05, 4.69) is 20.5 Å². The highest BCUT2D eigenvalue weighted by Crippen LogP contribution is 2.21. The fraction of sp³-hybridized carbons (Fsp3) is 0.550. The highest BCUT2D eigenvalue weighted by Gasteiger charge is 2.26. The number of furan rings is 2. The summed E-state index contributed by atoms with van der Waals surface area (Å²) in [5.41, 5.74) is -1.16. The number of nitrogens with zero attached hydrogens (tertiary/aromatic N) is 2. The number of guanidine groups is 1. The van der Waals surface area contributed by atoms with Crippen LogP contribution in [0.4, 0.5) is 0 Å². The van der Waals surface area contributed by atoms with Gasteiger partial charge in [0.1, 0.15) is 17.1 Å². The van der Waals surface area contributed by atoms with E-state index in [0.29, 0.717) is 18.3 Å². The van der Waals surface area contributed by atoms with E-state index in [9.17, 15) is 5.11 Å². The minimum atomic E-state index is -1.16. The maximum Gasteiger partial charge on any atom is 0.191 e. The molecule has 0 bridgehead atoms. The number of morpholine rings is 1. The molecule has 2 aromatic rings. The van der Waals surface area contributed by atoms with Crippen molar-refractivity contribution in [3.63, 3.8) is 0 Å². The van der Waals surface area contributed by atoms with Gasteiger partial charge in [-0.15, -0.1) is 24.0 Å². The van der Waals surface area contributed by atoms with Crippen molar-refractivity contribution in [3.8, 4) is 0 Å². The van der Waals surface area contributed by atoms with Crippen LogP contribution in [0.1, 0.15) is 18.4 Å². The van der Waals surface area contributed by atoms with Crippen molar-refractivity contribution in [3.05, 3.63) is 48.3 Å². The lowest BCUT2D eigenvalue weighted by Crippen LogP contribution is -2.45. The van der Waals surface area contributed by atoms with Crippen molar-refractivity contribution < 1.29 is 18.7 Å². The Bertz CT molecular complexity index is 698. The molecular weight excluding hydrogens is 487 g/mol. The van der Waals surface area contributed by atoms with E-state index in [-0.39, 0.29) is 30.5 Å². The summed E-state index contributed by atoms with van der Waals surface area (Å²) >= 11 is 0. The Labute approximate surface area is 188 Å². The van der Waals surface area contributed by atoms with Gasteiger partial charge in [-0.2, -0.15) is 0 Å². The topological polar surface area (TPSA) is 95.4 Å². The third-order valence-electron chi connectivity index (χ3n) is 4.67. The number of hydrogen-bond acceptors (Lipinski definition) is 6. The second-order valence-corrected chi connectivity index (χ2v) is 7.05. The van der Waals surface area contributed by atoms with Gasteiger partial charge in [-0.3, -0.25) is 4.90 Å². The van der Waals surface area contributed by atoms with E-state index < -0.39 is 5.60 Å². The van der Waals surface area contributed by atoms with Gasteiger partial charge in [-0.25, -0.2) is 4.99 Å². The molecule has 3 N–H and O–H groups in total. The standard InChI is InChI=1S/C20H30N4O4.HI/c1-20(25,18-5-3-13-28-18)16-23-19(21-7-6-17-4-2-12-27-17)22-8-9-24-10-14-26-15-11-24;/h2-5,12-13,25H,6-11,14-16H2,1H3,(H2,21,22,23);1H. The van der Waals surface area contributed by atoms with Gasteiger partial charge in [-0.05, 0) is 31.2 Å². The largest absolute Gasteiger partial charge is 0.469 e. The molecule has 0 radical (unpaired) electrons. The Morgan fingerprint density at radius 3 is 2.55 bits per heavy atom. The van der Waals surface area contributed by atoms with Crippen molar-refractivity contribution in [1.82, 2.24) is 15.5 Å². The lowest BCUT2D eigenvalue weighted by Gasteiger charge is -2.27. The molecular formula is C20H31IN4O4. The van der Waals surface area contributed by atoms with E-state index >= 15 is 0 Å². The van der Waals surface area contributed by atoms with Gasteiger partial charge < -0.3 is 29.3 Å². The third kappa shape index (κ3) is 8.00. The summed E-state index contributed by atoms with van der Waals surface area (Å²) in [4.78, 5) is 6.92. The van der Waals surface area contributed by atoms with Gasteiger partial charge in [0.05, 0.1) is 32.3 Å².